The zero-order valence-corrected chi connectivity index (χ0v) is 10.5. The molecule has 0 radical (unpaired) electrons. The van der Waals surface area contributed by atoms with Crippen LogP contribution >= 0.6 is 0 Å². The normalized spacial score (nSPS) is 19.8. The van der Waals surface area contributed by atoms with E-state index < -0.39 is 0 Å². The monoisotopic (exact) mass is 236 g/mol. The first-order chi connectivity index (χ1) is 8.20. The Hall–Kier alpha value is -1.26. The molecule has 2 N–H and O–H groups in total. The molecule has 4 nitrogen and oxygen atoms in total. The van der Waals surface area contributed by atoms with Crippen LogP contribution in [-0.2, 0) is 11.3 Å². The SMILES string of the molecule is COc1ccc(CN(C)C2CCOC2)c(N)c1. The van der Waals surface area contributed by atoms with Gasteiger partial charge in [0.25, 0.3) is 0 Å². The molecule has 2 rings (SSSR count). The Labute approximate surface area is 102 Å². The van der Waals surface area contributed by atoms with Crippen molar-refractivity contribution in [1.29, 1.82) is 0 Å². The van der Waals surface area contributed by atoms with Crippen LogP contribution in [0, 0.1) is 0 Å². The molecule has 17 heavy (non-hydrogen) atoms. The van der Waals surface area contributed by atoms with Crippen molar-refractivity contribution in [2.75, 3.05) is 33.1 Å². The molecule has 1 aliphatic heterocycles. The average molecular weight is 236 g/mol. The minimum absolute atomic E-state index is 0.511. The second-order valence-electron chi connectivity index (χ2n) is 4.50. The van der Waals surface area contributed by atoms with Gasteiger partial charge >= 0.3 is 0 Å². The first-order valence-corrected chi connectivity index (χ1v) is 5.91. The predicted octanol–water partition coefficient (Wildman–Crippen LogP) is 1.50. The third kappa shape index (κ3) is 2.90. The van der Waals surface area contributed by atoms with E-state index in [0.29, 0.717) is 6.04 Å². The van der Waals surface area contributed by atoms with Gasteiger partial charge in [0.15, 0.2) is 0 Å². The number of ether oxygens (including phenoxy) is 2. The maximum Gasteiger partial charge on any atom is 0.120 e. The Morgan fingerprint density at radius 2 is 2.35 bits per heavy atom. The largest absolute Gasteiger partial charge is 0.497 e. The van der Waals surface area contributed by atoms with Crippen molar-refractivity contribution < 1.29 is 9.47 Å². The smallest absolute Gasteiger partial charge is 0.120 e. The van der Waals surface area contributed by atoms with Crippen LogP contribution in [0.5, 0.6) is 5.75 Å². The Bertz CT molecular complexity index is 376. The molecular formula is C13H20N2O2. The highest BCUT2D eigenvalue weighted by atomic mass is 16.5. The lowest BCUT2D eigenvalue weighted by atomic mass is 10.1. The Balaban J connectivity index is 2.02. The summed E-state index contributed by atoms with van der Waals surface area (Å²) in [6, 6.07) is 6.36. The van der Waals surface area contributed by atoms with Crippen molar-refractivity contribution in [3.05, 3.63) is 23.8 Å². The van der Waals surface area contributed by atoms with Gasteiger partial charge in [0, 0.05) is 30.9 Å². The number of nitrogen functional groups attached to an aromatic ring is 1. The molecule has 1 aromatic carbocycles. The van der Waals surface area contributed by atoms with Gasteiger partial charge in [-0.1, -0.05) is 6.07 Å². The highest BCUT2D eigenvalue weighted by Gasteiger charge is 2.20. The lowest BCUT2D eigenvalue weighted by molar-refractivity contribution is 0.156. The molecule has 0 bridgehead atoms. The number of rotatable bonds is 4. The molecule has 1 saturated heterocycles. The number of hydrogen-bond acceptors (Lipinski definition) is 4. The van der Waals surface area contributed by atoms with Gasteiger partial charge in [-0.3, -0.25) is 4.90 Å². The van der Waals surface area contributed by atoms with E-state index in [-0.39, 0.29) is 0 Å². The lowest BCUT2D eigenvalue weighted by Crippen LogP contribution is -2.31. The Morgan fingerprint density at radius 3 is 2.94 bits per heavy atom. The molecule has 1 atom stereocenters. The third-order valence-electron chi connectivity index (χ3n) is 3.30. The van der Waals surface area contributed by atoms with Gasteiger partial charge in [-0.2, -0.15) is 0 Å². The fourth-order valence-electron chi connectivity index (χ4n) is 2.11. The molecule has 0 amide bonds. The van der Waals surface area contributed by atoms with E-state index in [2.05, 4.69) is 11.9 Å². The third-order valence-corrected chi connectivity index (χ3v) is 3.30. The molecule has 1 fully saturated rings. The summed E-state index contributed by atoms with van der Waals surface area (Å²) >= 11 is 0. The first-order valence-electron chi connectivity index (χ1n) is 5.91. The standard InChI is InChI=1S/C13H20N2O2/c1-15(11-5-6-17-9-11)8-10-3-4-12(16-2)7-13(10)14/h3-4,7,11H,5-6,8-9,14H2,1-2H3. The summed E-state index contributed by atoms with van der Waals surface area (Å²) in [6.45, 7) is 2.55. The molecule has 1 unspecified atom stereocenters. The van der Waals surface area contributed by atoms with Crippen LogP contribution in [-0.4, -0.2) is 38.3 Å². The Morgan fingerprint density at radius 1 is 1.53 bits per heavy atom. The van der Waals surface area contributed by atoms with E-state index >= 15 is 0 Å². The number of anilines is 1. The number of likely N-dealkylation sites (N-methyl/N-ethyl adjacent to an activating group) is 1. The molecule has 4 heteroatoms. The van der Waals surface area contributed by atoms with Crippen molar-refractivity contribution in [3.8, 4) is 5.75 Å². The maximum absolute atomic E-state index is 6.01. The Kier molecular flexibility index (Phi) is 3.86. The summed E-state index contributed by atoms with van der Waals surface area (Å²) in [6.07, 6.45) is 1.10. The van der Waals surface area contributed by atoms with E-state index in [0.717, 1.165) is 43.2 Å². The lowest BCUT2D eigenvalue weighted by Gasteiger charge is -2.23. The van der Waals surface area contributed by atoms with Gasteiger partial charge < -0.3 is 15.2 Å². The van der Waals surface area contributed by atoms with E-state index in [1.807, 2.05) is 18.2 Å². The van der Waals surface area contributed by atoms with Gasteiger partial charge in [0.1, 0.15) is 5.75 Å². The van der Waals surface area contributed by atoms with Crippen molar-refractivity contribution in [3.63, 3.8) is 0 Å². The predicted molar refractivity (Wildman–Crippen MR) is 68.1 cm³/mol. The topological polar surface area (TPSA) is 47.7 Å². The maximum atomic E-state index is 6.01. The summed E-state index contributed by atoms with van der Waals surface area (Å²) in [7, 11) is 3.76. The molecule has 1 aliphatic rings. The van der Waals surface area contributed by atoms with Crippen molar-refractivity contribution in [1.82, 2.24) is 4.90 Å². The minimum Gasteiger partial charge on any atom is -0.497 e. The summed E-state index contributed by atoms with van der Waals surface area (Å²) in [5.74, 6) is 0.804. The zero-order valence-electron chi connectivity index (χ0n) is 10.5. The number of methoxy groups -OCH3 is 1. The van der Waals surface area contributed by atoms with Crippen LogP contribution in [0.1, 0.15) is 12.0 Å². The molecule has 1 heterocycles. The molecule has 0 spiro atoms. The van der Waals surface area contributed by atoms with Crippen molar-refractivity contribution >= 4 is 5.69 Å². The quantitative estimate of drug-likeness (QED) is 0.805. The molecular weight excluding hydrogens is 216 g/mol. The van der Waals surface area contributed by atoms with E-state index in [4.69, 9.17) is 15.2 Å². The summed E-state index contributed by atoms with van der Waals surface area (Å²) in [5.41, 5.74) is 7.93. The molecule has 0 aliphatic carbocycles. The number of nitrogens with two attached hydrogens (primary N) is 1. The number of nitrogens with zero attached hydrogens (tertiary/aromatic N) is 1. The molecule has 94 valence electrons. The van der Waals surface area contributed by atoms with E-state index in [1.165, 1.54) is 0 Å². The molecule has 0 saturated carbocycles. The van der Waals surface area contributed by atoms with E-state index in [9.17, 15) is 0 Å². The average Bonchev–Trinajstić information content (AvgIpc) is 2.85. The van der Waals surface area contributed by atoms with Crippen molar-refractivity contribution in [2.24, 2.45) is 0 Å². The van der Waals surface area contributed by atoms with Gasteiger partial charge in [0.05, 0.1) is 13.7 Å². The van der Waals surface area contributed by atoms with Crippen molar-refractivity contribution in [2.45, 2.75) is 19.0 Å². The summed E-state index contributed by atoms with van der Waals surface area (Å²) < 4.78 is 10.5. The van der Waals surface area contributed by atoms with Gasteiger partial charge in [0.2, 0.25) is 0 Å². The molecule has 0 aromatic heterocycles. The van der Waals surface area contributed by atoms with Gasteiger partial charge in [-0.05, 0) is 25.1 Å². The number of benzene rings is 1. The van der Waals surface area contributed by atoms with Crippen LogP contribution in [0.2, 0.25) is 0 Å². The van der Waals surface area contributed by atoms with Crippen LogP contribution in [0.15, 0.2) is 18.2 Å². The van der Waals surface area contributed by atoms with Crippen LogP contribution in [0.4, 0.5) is 5.69 Å². The fourth-order valence-corrected chi connectivity index (χ4v) is 2.11. The van der Waals surface area contributed by atoms with Crippen LogP contribution in [0.3, 0.4) is 0 Å². The van der Waals surface area contributed by atoms with E-state index in [1.54, 1.807) is 7.11 Å². The summed E-state index contributed by atoms with van der Waals surface area (Å²) in [4.78, 5) is 2.30. The van der Waals surface area contributed by atoms with Gasteiger partial charge in [-0.15, -0.1) is 0 Å². The minimum atomic E-state index is 0.511. The van der Waals surface area contributed by atoms with Crippen LogP contribution in [0.25, 0.3) is 0 Å². The highest BCUT2D eigenvalue weighted by molar-refractivity contribution is 5.51. The van der Waals surface area contributed by atoms with Gasteiger partial charge in [-0.25, -0.2) is 0 Å². The van der Waals surface area contributed by atoms with Crippen LogP contribution < -0.4 is 10.5 Å². The molecule has 1 aromatic rings. The highest BCUT2D eigenvalue weighted by Crippen LogP contribution is 2.22. The second kappa shape index (κ2) is 5.38. The fraction of sp³-hybridized carbons (Fsp3) is 0.538. The summed E-state index contributed by atoms with van der Waals surface area (Å²) in [5, 5.41) is 0. The first kappa shape index (κ1) is 12.2. The zero-order chi connectivity index (χ0) is 12.3. The second-order valence-corrected chi connectivity index (χ2v) is 4.50. The number of hydrogen-bond donors (Lipinski definition) is 1.